The summed E-state index contributed by atoms with van der Waals surface area (Å²) in [6.45, 7) is 11.9. The van der Waals surface area contributed by atoms with Gasteiger partial charge in [0.15, 0.2) is 0 Å². The smallest absolute Gasteiger partial charge is 0.00927 e. The Hall–Kier alpha value is -0.0800. The Morgan fingerprint density at radius 3 is 2.30 bits per heavy atom. The SMILES string of the molecule is CCCCCCC(CC)CN(C)[C@H]1CCC2(CC1)C[C@@H](CNC(C)CC)C2. The van der Waals surface area contributed by atoms with Gasteiger partial charge in [0.2, 0.25) is 0 Å². The van der Waals surface area contributed by atoms with Gasteiger partial charge in [-0.15, -0.1) is 0 Å². The van der Waals surface area contributed by atoms with E-state index in [0.29, 0.717) is 6.04 Å². The first-order chi connectivity index (χ1) is 13.0. The lowest BCUT2D eigenvalue weighted by Gasteiger charge is -2.53. The highest BCUT2D eigenvalue weighted by molar-refractivity contribution is 4.98. The van der Waals surface area contributed by atoms with Gasteiger partial charge in [0.1, 0.15) is 0 Å². The van der Waals surface area contributed by atoms with Crippen LogP contribution in [0.15, 0.2) is 0 Å². The molecule has 160 valence electrons. The number of hydrogen-bond acceptors (Lipinski definition) is 2. The lowest BCUT2D eigenvalue weighted by atomic mass is 9.55. The molecule has 0 radical (unpaired) electrons. The molecule has 2 atom stereocenters. The number of nitrogens with one attached hydrogen (secondary N) is 1. The Morgan fingerprint density at radius 1 is 1.00 bits per heavy atom. The topological polar surface area (TPSA) is 15.3 Å². The van der Waals surface area contributed by atoms with Crippen molar-refractivity contribution in [1.29, 1.82) is 0 Å². The van der Waals surface area contributed by atoms with Gasteiger partial charge in [-0.1, -0.05) is 52.9 Å². The Balaban J connectivity index is 1.63. The quantitative estimate of drug-likeness (QED) is 0.361. The van der Waals surface area contributed by atoms with Gasteiger partial charge in [-0.25, -0.2) is 0 Å². The average molecular weight is 379 g/mol. The molecule has 2 saturated carbocycles. The summed E-state index contributed by atoms with van der Waals surface area (Å²) in [4.78, 5) is 2.74. The molecule has 2 nitrogen and oxygen atoms in total. The van der Waals surface area contributed by atoms with Crippen LogP contribution >= 0.6 is 0 Å². The Morgan fingerprint density at radius 2 is 1.70 bits per heavy atom. The zero-order valence-corrected chi connectivity index (χ0v) is 19.4. The lowest BCUT2D eigenvalue weighted by molar-refractivity contribution is -0.0110. The molecule has 0 aromatic heterocycles. The van der Waals surface area contributed by atoms with Crippen molar-refractivity contribution >= 4 is 0 Å². The van der Waals surface area contributed by atoms with Gasteiger partial charge in [-0.3, -0.25) is 0 Å². The molecule has 2 heteroatoms. The standard InChI is InChI=1S/C25H50N2/c1-6-9-10-11-12-22(8-3)20-27(5)24-13-15-25(16-14-24)17-23(18-25)19-26-21(4)7-2/h21-24,26H,6-20H2,1-5H3/t21?,22?,23-,24-,25?. The zero-order valence-electron chi connectivity index (χ0n) is 19.4. The first-order valence-corrected chi connectivity index (χ1v) is 12.5. The lowest BCUT2D eigenvalue weighted by Crippen LogP contribution is -2.48. The molecule has 0 aromatic rings. The van der Waals surface area contributed by atoms with Crippen molar-refractivity contribution in [3.8, 4) is 0 Å². The fraction of sp³-hybridized carbons (Fsp3) is 1.00. The van der Waals surface area contributed by atoms with Crippen LogP contribution in [0.4, 0.5) is 0 Å². The summed E-state index contributed by atoms with van der Waals surface area (Å²) in [5.41, 5.74) is 0.740. The number of rotatable bonds is 13. The minimum absolute atomic E-state index is 0.694. The van der Waals surface area contributed by atoms with Crippen molar-refractivity contribution < 1.29 is 0 Å². The fourth-order valence-electron chi connectivity index (χ4n) is 5.73. The van der Waals surface area contributed by atoms with E-state index in [0.717, 1.165) is 23.3 Å². The highest BCUT2D eigenvalue weighted by Gasteiger charge is 2.46. The molecule has 0 aromatic carbocycles. The molecule has 1 N–H and O–H groups in total. The monoisotopic (exact) mass is 378 g/mol. The van der Waals surface area contributed by atoms with E-state index in [-0.39, 0.29) is 0 Å². The molecule has 2 unspecified atom stereocenters. The van der Waals surface area contributed by atoms with Crippen molar-refractivity contribution in [3.63, 3.8) is 0 Å². The van der Waals surface area contributed by atoms with E-state index in [1.165, 1.54) is 96.6 Å². The second-order valence-corrected chi connectivity index (χ2v) is 10.3. The van der Waals surface area contributed by atoms with E-state index in [9.17, 15) is 0 Å². The molecule has 27 heavy (non-hydrogen) atoms. The largest absolute Gasteiger partial charge is 0.314 e. The van der Waals surface area contributed by atoms with Gasteiger partial charge in [0.05, 0.1) is 0 Å². The number of nitrogens with zero attached hydrogens (tertiary/aromatic N) is 1. The van der Waals surface area contributed by atoms with Gasteiger partial charge in [0, 0.05) is 18.6 Å². The van der Waals surface area contributed by atoms with Crippen LogP contribution in [-0.2, 0) is 0 Å². The summed E-state index contributed by atoms with van der Waals surface area (Å²) in [5.74, 6) is 1.88. The van der Waals surface area contributed by atoms with Crippen molar-refractivity contribution in [2.45, 2.75) is 123 Å². The van der Waals surface area contributed by atoms with Crippen LogP contribution in [0.5, 0.6) is 0 Å². The molecular formula is C25H50N2. The molecule has 0 bridgehead atoms. The molecule has 2 aliphatic rings. The first-order valence-electron chi connectivity index (χ1n) is 12.5. The van der Waals surface area contributed by atoms with Crippen LogP contribution in [0.3, 0.4) is 0 Å². The first kappa shape index (κ1) is 23.2. The number of hydrogen-bond donors (Lipinski definition) is 1. The van der Waals surface area contributed by atoms with Crippen LogP contribution in [0.1, 0.15) is 111 Å². The maximum absolute atomic E-state index is 3.73. The summed E-state index contributed by atoms with van der Waals surface area (Å²) in [6.07, 6.45) is 18.6. The van der Waals surface area contributed by atoms with Crippen LogP contribution in [0.25, 0.3) is 0 Å². The van der Waals surface area contributed by atoms with Crippen molar-refractivity contribution in [1.82, 2.24) is 10.2 Å². The van der Waals surface area contributed by atoms with Crippen LogP contribution in [0.2, 0.25) is 0 Å². The maximum atomic E-state index is 3.73. The molecule has 1 spiro atoms. The minimum atomic E-state index is 0.694. The third-order valence-electron chi connectivity index (χ3n) is 8.04. The van der Waals surface area contributed by atoms with Crippen molar-refractivity contribution in [2.75, 3.05) is 20.1 Å². The molecule has 2 rings (SSSR count). The second kappa shape index (κ2) is 11.8. The minimum Gasteiger partial charge on any atom is -0.314 e. The molecular weight excluding hydrogens is 328 g/mol. The number of unbranched alkanes of at least 4 members (excludes halogenated alkanes) is 3. The van der Waals surface area contributed by atoms with E-state index >= 15 is 0 Å². The van der Waals surface area contributed by atoms with Crippen LogP contribution < -0.4 is 5.32 Å². The molecule has 0 heterocycles. The summed E-state index contributed by atoms with van der Waals surface area (Å²) < 4.78 is 0. The predicted octanol–water partition coefficient (Wildman–Crippen LogP) is 6.64. The van der Waals surface area contributed by atoms with E-state index < -0.39 is 0 Å². The van der Waals surface area contributed by atoms with Gasteiger partial charge in [0.25, 0.3) is 0 Å². The normalized spacial score (nSPS) is 30.4. The molecule has 0 saturated heterocycles. The zero-order chi connectivity index (χ0) is 19.7. The Kier molecular flexibility index (Phi) is 10.1. The fourth-order valence-corrected chi connectivity index (χ4v) is 5.73. The van der Waals surface area contributed by atoms with Crippen molar-refractivity contribution in [3.05, 3.63) is 0 Å². The van der Waals surface area contributed by atoms with Gasteiger partial charge in [-0.05, 0) is 89.1 Å². The molecule has 2 fully saturated rings. The summed E-state index contributed by atoms with van der Waals surface area (Å²) in [7, 11) is 2.41. The Bertz CT molecular complexity index is 378. The Labute approximate surface area is 171 Å². The average Bonchev–Trinajstić information content (AvgIpc) is 2.66. The second-order valence-electron chi connectivity index (χ2n) is 10.3. The van der Waals surface area contributed by atoms with E-state index in [1.54, 1.807) is 0 Å². The third-order valence-corrected chi connectivity index (χ3v) is 8.04. The van der Waals surface area contributed by atoms with Crippen molar-refractivity contribution in [2.24, 2.45) is 17.3 Å². The van der Waals surface area contributed by atoms with Gasteiger partial charge >= 0.3 is 0 Å². The predicted molar refractivity (Wildman–Crippen MR) is 120 cm³/mol. The summed E-state index contributed by atoms with van der Waals surface area (Å²) >= 11 is 0. The highest BCUT2D eigenvalue weighted by atomic mass is 15.1. The van der Waals surface area contributed by atoms with E-state index in [4.69, 9.17) is 0 Å². The molecule has 0 amide bonds. The maximum Gasteiger partial charge on any atom is 0.00927 e. The summed E-state index contributed by atoms with van der Waals surface area (Å²) in [5, 5.41) is 3.73. The highest BCUT2D eigenvalue weighted by Crippen LogP contribution is 2.55. The van der Waals surface area contributed by atoms with Gasteiger partial charge < -0.3 is 10.2 Å². The van der Waals surface area contributed by atoms with Crippen LogP contribution in [-0.4, -0.2) is 37.1 Å². The third kappa shape index (κ3) is 7.35. The molecule has 0 aliphatic heterocycles. The summed E-state index contributed by atoms with van der Waals surface area (Å²) in [6, 6.07) is 1.55. The molecule has 2 aliphatic carbocycles. The van der Waals surface area contributed by atoms with Crippen LogP contribution in [0, 0.1) is 17.3 Å². The van der Waals surface area contributed by atoms with Gasteiger partial charge in [-0.2, -0.15) is 0 Å². The van der Waals surface area contributed by atoms with E-state index in [1.807, 2.05) is 0 Å². The van der Waals surface area contributed by atoms with E-state index in [2.05, 4.69) is 45.0 Å².